The molecule has 0 spiro atoms. The molecule has 1 amide bonds. The lowest BCUT2D eigenvalue weighted by Gasteiger charge is -2.12. The molecule has 0 heterocycles. The molecule has 2 rings (SSSR count). The van der Waals surface area contributed by atoms with Crippen LogP contribution in [0, 0.1) is 0 Å². The standard InChI is InChI=1S/C19H22N2O3/c1-21(2)13-12-18(22)16-6-4-5-7-17(16)19(23)20-14-8-10-15(24-3)11-9-14/h4-11H,12-13H2,1-3H3,(H,20,23). The van der Waals surface area contributed by atoms with E-state index in [0.29, 0.717) is 35.5 Å². The Kier molecular flexibility index (Phi) is 6.09. The molecule has 1 N–H and O–H groups in total. The van der Waals surface area contributed by atoms with Crippen LogP contribution in [0.4, 0.5) is 5.69 Å². The lowest BCUT2D eigenvalue weighted by molar-refractivity contribution is 0.0956. The number of ether oxygens (including phenoxy) is 1. The van der Waals surface area contributed by atoms with Crippen LogP contribution in [0.25, 0.3) is 0 Å². The lowest BCUT2D eigenvalue weighted by Crippen LogP contribution is -2.20. The highest BCUT2D eigenvalue weighted by atomic mass is 16.5. The van der Waals surface area contributed by atoms with Gasteiger partial charge in [0.2, 0.25) is 0 Å². The molecule has 5 heteroatoms. The fraction of sp³-hybridized carbons (Fsp3) is 0.263. The molecule has 5 nitrogen and oxygen atoms in total. The van der Waals surface area contributed by atoms with Crippen molar-refractivity contribution in [3.05, 3.63) is 59.7 Å². The van der Waals surface area contributed by atoms with Gasteiger partial charge in [-0.3, -0.25) is 9.59 Å². The maximum atomic E-state index is 12.5. The normalized spacial score (nSPS) is 10.5. The number of methoxy groups -OCH3 is 1. The predicted octanol–water partition coefficient (Wildman–Crippen LogP) is 3.08. The van der Waals surface area contributed by atoms with Gasteiger partial charge in [-0.15, -0.1) is 0 Å². The molecule has 2 aromatic carbocycles. The number of hydrogen-bond acceptors (Lipinski definition) is 4. The van der Waals surface area contributed by atoms with Crippen LogP contribution >= 0.6 is 0 Å². The Balaban J connectivity index is 2.15. The Hall–Kier alpha value is -2.66. The summed E-state index contributed by atoms with van der Waals surface area (Å²) in [5, 5.41) is 2.81. The summed E-state index contributed by atoms with van der Waals surface area (Å²) < 4.78 is 5.09. The second kappa shape index (κ2) is 8.26. The summed E-state index contributed by atoms with van der Waals surface area (Å²) in [5.41, 5.74) is 1.48. The predicted molar refractivity (Wildman–Crippen MR) is 94.9 cm³/mol. The SMILES string of the molecule is COc1ccc(NC(=O)c2ccccc2C(=O)CCN(C)C)cc1. The van der Waals surface area contributed by atoms with Gasteiger partial charge in [0.05, 0.1) is 12.7 Å². The monoisotopic (exact) mass is 326 g/mol. The average molecular weight is 326 g/mol. The highest BCUT2D eigenvalue weighted by molar-refractivity contribution is 6.12. The van der Waals surface area contributed by atoms with E-state index in [1.807, 2.05) is 19.0 Å². The van der Waals surface area contributed by atoms with Gasteiger partial charge in [-0.25, -0.2) is 0 Å². The molecule has 0 saturated heterocycles. The van der Waals surface area contributed by atoms with Crippen molar-refractivity contribution in [3.8, 4) is 5.75 Å². The average Bonchev–Trinajstić information content (AvgIpc) is 2.60. The van der Waals surface area contributed by atoms with Gasteiger partial charge >= 0.3 is 0 Å². The van der Waals surface area contributed by atoms with E-state index in [0.717, 1.165) is 0 Å². The van der Waals surface area contributed by atoms with Crippen LogP contribution in [-0.4, -0.2) is 44.3 Å². The third-order valence-corrected chi connectivity index (χ3v) is 3.61. The van der Waals surface area contributed by atoms with Gasteiger partial charge in [0.25, 0.3) is 5.91 Å². The zero-order valence-corrected chi connectivity index (χ0v) is 14.2. The van der Waals surface area contributed by atoms with E-state index in [1.54, 1.807) is 55.6 Å². The fourth-order valence-electron chi connectivity index (χ4n) is 2.26. The Bertz CT molecular complexity index is 709. The summed E-state index contributed by atoms with van der Waals surface area (Å²) in [6, 6.07) is 13.9. The molecule has 0 aliphatic carbocycles. The largest absolute Gasteiger partial charge is 0.497 e. The van der Waals surface area contributed by atoms with Gasteiger partial charge < -0.3 is 15.0 Å². The molecular formula is C19H22N2O3. The summed E-state index contributed by atoms with van der Waals surface area (Å²) in [6.07, 6.45) is 0.375. The van der Waals surface area contributed by atoms with Gasteiger partial charge in [0, 0.05) is 24.2 Å². The smallest absolute Gasteiger partial charge is 0.256 e. The molecule has 0 radical (unpaired) electrons. The number of ketones is 1. The van der Waals surface area contributed by atoms with Crippen LogP contribution in [0.1, 0.15) is 27.1 Å². The van der Waals surface area contributed by atoms with Crippen molar-refractivity contribution in [1.29, 1.82) is 0 Å². The van der Waals surface area contributed by atoms with Crippen LogP contribution < -0.4 is 10.1 Å². The third-order valence-electron chi connectivity index (χ3n) is 3.61. The Morgan fingerprint density at radius 3 is 2.21 bits per heavy atom. The second-order valence-corrected chi connectivity index (χ2v) is 5.70. The minimum atomic E-state index is -0.297. The highest BCUT2D eigenvalue weighted by Crippen LogP contribution is 2.18. The maximum absolute atomic E-state index is 12.5. The summed E-state index contributed by atoms with van der Waals surface area (Å²) >= 11 is 0. The molecule has 0 saturated carbocycles. The van der Waals surface area contributed by atoms with Crippen molar-refractivity contribution >= 4 is 17.4 Å². The minimum absolute atomic E-state index is 0.0378. The molecule has 0 aromatic heterocycles. The number of nitrogens with zero attached hydrogens (tertiary/aromatic N) is 1. The first kappa shape index (κ1) is 17.7. The van der Waals surface area contributed by atoms with Gasteiger partial charge in [-0.2, -0.15) is 0 Å². The van der Waals surface area contributed by atoms with E-state index < -0.39 is 0 Å². The summed E-state index contributed by atoms with van der Waals surface area (Å²) in [5.74, 6) is 0.380. The number of amides is 1. The van der Waals surface area contributed by atoms with Crippen molar-refractivity contribution in [2.24, 2.45) is 0 Å². The van der Waals surface area contributed by atoms with Crippen LogP contribution in [0.5, 0.6) is 5.75 Å². The van der Waals surface area contributed by atoms with E-state index >= 15 is 0 Å². The zero-order chi connectivity index (χ0) is 17.5. The van der Waals surface area contributed by atoms with Gasteiger partial charge in [-0.1, -0.05) is 18.2 Å². The first-order valence-corrected chi connectivity index (χ1v) is 7.73. The number of anilines is 1. The van der Waals surface area contributed by atoms with E-state index in [9.17, 15) is 9.59 Å². The van der Waals surface area contributed by atoms with E-state index in [2.05, 4.69) is 5.32 Å². The van der Waals surface area contributed by atoms with Gasteiger partial charge in [0.15, 0.2) is 5.78 Å². The molecular weight excluding hydrogens is 304 g/mol. The molecule has 0 fully saturated rings. The van der Waals surface area contributed by atoms with Gasteiger partial charge in [-0.05, 0) is 44.4 Å². The minimum Gasteiger partial charge on any atom is -0.497 e. The first-order valence-electron chi connectivity index (χ1n) is 7.73. The molecule has 0 bridgehead atoms. The highest BCUT2D eigenvalue weighted by Gasteiger charge is 2.16. The molecule has 0 atom stereocenters. The van der Waals surface area contributed by atoms with Crippen molar-refractivity contribution in [1.82, 2.24) is 4.90 Å². The van der Waals surface area contributed by atoms with E-state index in [4.69, 9.17) is 4.74 Å². The second-order valence-electron chi connectivity index (χ2n) is 5.70. The molecule has 126 valence electrons. The van der Waals surface area contributed by atoms with E-state index in [1.165, 1.54) is 0 Å². The number of carbonyl (C=O) groups excluding carboxylic acids is 2. The number of Topliss-reactive ketones (excluding diaryl/α,β-unsaturated/α-hetero) is 1. The van der Waals surface area contributed by atoms with Crippen LogP contribution in [0.15, 0.2) is 48.5 Å². The molecule has 0 aliphatic heterocycles. The van der Waals surface area contributed by atoms with E-state index in [-0.39, 0.29) is 11.7 Å². The Labute approximate surface area is 142 Å². The zero-order valence-electron chi connectivity index (χ0n) is 14.2. The Morgan fingerprint density at radius 1 is 1.00 bits per heavy atom. The number of carbonyl (C=O) groups is 2. The summed E-state index contributed by atoms with van der Waals surface area (Å²) in [4.78, 5) is 26.9. The number of hydrogen-bond donors (Lipinski definition) is 1. The topological polar surface area (TPSA) is 58.6 Å². The maximum Gasteiger partial charge on any atom is 0.256 e. The molecule has 2 aromatic rings. The number of benzene rings is 2. The van der Waals surface area contributed by atoms with Crippen molar-refractivity contribution in [2.45, 2.75) is 6.42 Å². The van der Waals surface area contributed by atoms with Crippen molar-refractivity contribution < 1.29 is 14.3 Å². The van der Waals surface area contributed by atoms with Crippen molar-refractivity contribution in [3.63, 3.8) is 0 Å². The number of rotatable bonds is 7. The quantitative estimate of drug-likeness (QED) is 0.795. The molecule has 0 aliphatic rings. The molecule has 0 unspecified atom stereocenters. The molecule has 24 heavy (non-hydrogen) atoms. The Morgan fingerprint density at radius 2 is 1.62 bits per heavy atom. The fourth-order valence-corrected chi connectivity index (χ4v) is 2.26. The lowest BCUT2D eigenvalue weighted by atomic mass is 10.0. The van der Waals surface area contributed by atoms with Crippen molar-refractivity contribution in [2.75, 3.05) is 33.1 Å². The van der Waals surface area contributed by atoms with Gasteiger partial charge in [0.1, 0.15) is 5.75 Å². The van der Waals surface area contributed by atoms with Crippen LogP contribution in [0.3, 0.4) is 0 Å². The number of nitrogens with one attached hydrogen (secondary N) is 1. The third kappa shape index (κ3) is 4.67. The first-order chi connectivity index (χ1) is 11.5. The van der Waals surface area contributed by atoms with Crippen LogP contribution in [0.2, 0.25) is 0 Å². The summed E-state index contributed by atoms with van der Waals surface area (Å²) in [6.45, 7) is 0.646. The van der Waals surface area contributed by atoms with Crippen LogP contribution in [-0.2, 0) is 0 Å². The summed E-state index contributed by atoms with van der Waals surface area (Å²) in [7, 11) is 5.41.